The number of hydrogen-bond donors (Lipinski definition) is 2. The third-order valence-corrected chi connectivity index (χ3v) is 2.89. The van der Waals surface area contributed by atoms with Gasteiger partial charge in [0, 0.05) is 38.0 Å². The van der Waals surface area contributed by atoms with Crippen LogP contribution in [0.1, 0.15) is 16.8 Å². The normalized spacial score (nSPS) is 10.7. The molecule has 102 valence electrons. The molecule has 0 fully saturated rings. The summed E-state index contributed by atoms with van der Waals surface area (Å²) in [5, 5.41) is 9.16. The number of pyridine rings is 1. The van der Waals surface area contributed by atoms with Gasteiger partial charge in [-0.15, -0.1) is 0 Å². The van der Waals surface area contributed by atoms with E-state index in [0.717, 1.165) is 22.6 Å². The van der Waals surface area contributed by atoms with Crippen molar-refractivity contribution in [3.05, 3.63) is 22.9 Å². The fourth-order valence-corrected chi connectivity index (χ4v) is 2.00. The standard InChI is InChI=1S/C13H23N3O2/c1-10-8-11(2)15-13(12(10)9-14)16(4-6-17)5-7-18-3/h8,17H,4-7,9,14H2,1-3H3. The number of hydrogen-bond acceptors (Lipinski definition) is 5. The lowest BCUT2D eigenvalue weighted by Gasteiger charge is -2.26. The van der Waals surface area contributed by atoms with Crippen molar-refractivity contribution in [1.82, 2.24) is 4.98 Å². The highest BCUT2D eigenvalue weighted by Crippen LogP contribution is 2.21. The lowest BCUT2D eigenvalue weighted by Crippen LogP contribution is -2.32. The van der Waals surface area contributed by atoms with Crippen LogP contribution in [-0.4, -0.2) is 43.5 Å². The molecule has 0 bridgehead atoms. The molecule has 0 aromatic carbocycles. The van der Waals surface area contributed by atoms with Crippen LogP contribution in [0, 0.1) is 13.8 Å². The monoisotopic (exact) mass is 253 g/mol. The molecule has 0 atom stereocenters. The van der Waals surface area contributed by atoms with Gasteiger partial charge in [0.2, 0.25) is 0 Å². The van der Waals surface area contributed by atoms with Gasteiger partial charge < -0.3 is 20.5 Å². The van der Waals surface area contributed by atoms with Gasteiger partial charge in [0.05, 0.1) is 13.2 Å². The molecule has 0 unspecified atom stereocenters. The van der Waals surface area contributed by atoms with Gasteiger partial charge in [-0.2, -0.15) is 0 Å². The number of aliphatic hydroxyl groups excluding tert-OH is 1. The SMILES string of the molecule is COCCN(CCO)c1nc(C)cc(C)c1CN. The Labute approximate surface area is 109 Å². The zero-order valence-electron chi connectivity index (χ0n) is 11.4. The van der Waals surface area contributed by atoms with Crippen molar-refractivity contribution in [2.75, 3.05) is 38.3 Å². The van der Waals surface area contributed by atoms with Crippen molar-refractivity contribution in [2.45, 2.75) is 20.4 Å². The largest absolute Gasteiger partial charge is 0.395 e. The molecule has 0 radical (unpaired) electrons. The van der Waals surface area contributed by atoms with Gasteiger partial charge in [-0.3, -0.25) is 0 Å². The summed E-state index contributed by atoms with van der Waals surface area (Å²) >= 11 is 0. The topological polar surface area (TPSA) is 71.6 Å². The van der Waals surface area contributed by atoms with Crippen LogP contribution in [0.3, 0.4) is 0 Å². The molecule has 5 nitrogen and oxygen atoms in total. The zero-order chi connectivity index (χ0) is 13.5. The summed E-state index contributed by atoms with van der Waals surface area (Å²) < 4.78 is 5.09. The maximum absolute atomic E-state index is 9.16. The smallest absolute Gasteiger partial charge is 0.133 e. The van der Waals surface area contributed by atoms with Gasteiger partial charge in [0.25, 0.3) is 0 Å². The summed E-state index contributed by atoms with van der Waals surface area (Å²) in [4.78, 5) is 6.58. The minimum atomic E-state index is 0.0857. The summed E-state index contributed by atoms with van der Waals surface area (Å²) in [7, 11) is 1.66. The van der Waals surface area contributed by atoms with E-state index in [1.54, 1.807) is 7.11 Å². The minimum Gasteiger partial charge on any atom is -0.395 e. The molecular weight excluding hydrogens is 230 g/mol. The second kappa shape index (κ2) is 7.31. The highest BCUT2D eigenvalue weighted by molar-refractivity contribution is 5.51. The van der Waals surface area contributed by atoms with Crippen LogP contribution in [0.5, 0.6) is 0 Å². The Morgan fingerprint density at radius 3 is 2.67 bits per heavy atom. The maximum atomic E-state index is 9.16. The van der Waals surface area contributed by atoms with Crippen molar-refractivity contribution < 1.29 is 9.84 Å². The number of rotatable bonds is 7. The highest BCUT2D eigenvalue weighted by Gasteiger charge is 2.14. The molecule has 0 saturated carbocycles. The lowest BCUT2D eigenvalue weighted by atomic mass is 10.1. The first-order valence-electron chi connectivity index (χ1n) is 6.16. The zero-order valence-corrected chi connectivity index (χ0v) is 11.4. The number of aromatic nitrogens is 1. The third-order valence-electron chi connectivity index (χ3n) is 2.89. The number of nitrogens with two attached hydrogens (primary N) is 1. The van der Waals surface area contributed by atoms with Crippen molar-refractivity contribution >= 4 is 5.82 Å². The lowest BCUT2D eigenvalue weighted by molar-refractivity contribution is 0.202. The number of methoxy groups -OCH3 is 1. The fraction of sp³-hybridized carbons (Fsp3) is 0.615. The summed E-state index contributed by atoms with van der Waals surface area (Å²) in [6.07, 6.45) is 0. The van der Waals surface area contributed by atoms with Crippen molar-refractivity contribution in [1.29, 1.82) is 0 Å². The molecule has 5 heteroatoms. The first-order chi connectivity index (χ1) is 8.63. The first-order valence-corrected chi connectivity index (χ1v) is 6.16. The first kappa shape index (κ1) is 14.9. The van der Waals surface area contributed by atoms with Gasteiger partial charge in [0.1, 0.15) is 5.82 Å². The average molecular weight is 253 g/mol. The Morgan fingerprint density at radius 1 is 1.39 bits per heavy atom. The van der Waals surface area contributed by atoms with Crippen molar-refractivity contribution in [2.24, 2.45) is 5.73 Å². The molecule has 0 saturated heterocycles. The van der Waals surface area contributed by atoms with Crippen LogP contribution < -0.4 is 10.6 Å². The van der Waals surface area contributed by atoms with Crippen molar-refractivity contribution in [3.8, 4) is 0 Å². The predicted octanol–water partition coefficient (Wildman–Crippen LogP) is 0.602. The Kier molecular flexibility index (Phi) is 6.04. The predicted molar refractivity (Wildman–Crippen MR) is 72.8 cm³/mol. The van der Waals surface area contributed by atoms with E-state index in [2.05, 4.69) is 4.98 Å². The second-order valence-corrected chi connectivity index (χ2v) is 4.29. The fourth-order valence-electron chi connectivity index (χ4n) is 2.00. The molecule has 3 N–H and O–H groups in total. The molecule has 18 heavy (non-hydrogen) atoms. The van der Waals surface area contributed by atoms with Gasteiger partial charge in [-0.25, -0.2) is 4.98 Å². The van der Waals surface area contributed by atoms with E-state index in [1.807, 2.05) is 24.8 Å². The number of ether oxygens (including phenoxy) is 1. The van der Waals surface area contributed by atoms with E-state index in [1.165, 1.54) is 0 Å². The molecule has 1 aromatic rings. The summed E-state index contributed by atoms with van der Waals surface area (Å²) in [6, 6.07) is 2.03. The van der Waals surface area contributed by atoms with Gasteiger partial charge in [-0.05, 0) is 25.5 Å². The number of nitrogens with zero attached hydrogens (tertiary/aromatic N) is 2. The molecule has 0 amide bonds. The average Bonchev–Trinajstić information content (AvgIpc) is 2.33. The van der Waals surface area contributed by atoms with Gasteiger partial charge >= 0.3 is 0 Å². The van der Waals surface area contributed by atoms with Crippen LogP contribution in [0.25, 0.3) is 0 Å². The summed E-state index contributed by atoms with van der Waals surface area (Å²) in [6.45, 7) is 6.36. The third kappa shape index (κ3) is 3.66. The van der Waals surface area contributed by atoms with E-state index in [-0.39, 0.29) is 6.61 Å². The van der Waals surface area contributed by atoms with E-state index < -0.39 is 0 Å². The molecule has 1 rings (SSSR count). The molecular formula is C13H23N3O2. The van der Waals surface area contributed by atoms with E-state index in [4.69, 9.17) is 15.6 Å². The van der Waals surface area contributed by atoms with Crippen molar-refractivity contribution in [3.63, 3.8) is 0 Å². The molecule has 0 aliphatic heterocycles. The second-order valence-electron chi connectivity index (χ2n) is 4.29. The van der Waals surface area contributed by atoms with Crippen LogP contribution in [0.2, 0.25) is 0 Å². The van der Waals surface area contributed by atoms with Gasteiger partial charge in [0.15, 0.2) is 0 Å². The van der Waals surface area contributed by atoms with Gasteiger partial charge in [-0.1, -0.05) is 0 Å². The Bertz CT molecular complexity index is 383. The van der Waals surface area contributed by atoms with E-state index >= 15 is 0 Å². The molecule has 1 aromatic heterocycles. The van der Waals surface area contributed by atoms with E-state index in [0.29, 0.717) is 26.2 Å². The van der Waals surface area contributed by atoms with Crippen LogP contribution in [0.15, 0.2) is 6.07 Å². The highest BCUT2D eigenvalue weighted by atomic mass is 16.5. The van der Waals surface area contributed by atoms with Crippen LogP contribution in [-0.2, 0) is 11.3 Å². The number of anilines is 1. The summed E-state index contributed by atoms with van der Waals surface area (Å²) in [5.74, 6) is 0.862. The quantitative estimate of drug-likeness (QED) is 0.744. The Morgan fingerprint density at radius 2 is 2.11 bits per heavy atom. The summed E-state index contributed by atoms with van der Waals surface area (Å²) in [5.41, 5.74) is 8.93. The Balaban J connectivity index is 3.08. The molecule has 0 spiro atoms. The van der Waals surface area contributed by atoms with Crippen LogP contribution >= 0.6 is 0 Å². The number of aliphatic hydroxyl groups is 1. The van der Waals surface area contributed by atoms with E-state index in [9.17, 15) is 0 Å². The van der Waals surface area contributed by atoms with Crippen LogP contribution in [0.4, 0.5) is 5.82 Å². The molecule has 1 heterocycles. The molecule has 0 aliphatic rings. The minimum absolute atomic E-state index is 0.0857. The Hall–Kier alpha value is -1.17. The molecule has 0 aliphatic carbocycles. The maximum Gasteiger partial charge on any atom is 0.133 e. The number of aryl methyl sites for hydroxylation is 2.